The molecule has 1 saturated carbocycles. The van der Waals surface area contributed by atoms with Crippen LogP contribution in [0.4, 0.5) is 4.39 Å². The van der Waals surface area contributed by atoms with Crippen LogP contribution in [0.25, 0.3) is 6.08 Å². The zero-order valence-electron chi connectivity index (χ0n) is 18.7. The Labute approximate surface area is 198 Å². The molecule has 2 atom stereocenters. The van der Waals surface area contributed by atoms with Crippen molar-refractivity contribution in [3.8, 4) is 0 Å². The molecule has 2 heterocycles. The maximum Gasteiger partial charge on any atom is 0.307 e. The van der Waals surface area contributed by atoms with E-state index in [1.54, 1.807) is 31.3 Å². The van der Waals surface area contributed by atoms with E-state index < -0.39 is 6.04 Å². The molecule has 0 amide bonds. The van der Waals surface area contributed by atoms with Crippen molar-refractivity contribution in [2.75, 3.05) is 19.7 Å². The fourth-order valence-corrected chi connectivity index (χ4v) is 4.44. The first-order valence-corrected chi connectivity index (χ1v) is 11.9. The smallest absolute Gasteiger partial charge is 0.307 e. The van der Waals surface area contributed by atoms with Gasteiger partial charge in [-0.25, -0.2) is 4.39 Å². The molecule has 1 aromatic heterocycles. The number of carbonyl (C=O) groups excluding carboxylic acids is 2. The van der Waals surface area contributed by atoms with Crippen LogP contribution in [0.1, 0.15) is 49.9 Å². The number of piperidine rings is 1. The van der Waals surface area contributed by atoms with Gasteiger partial charge in [0, 0.05) is 29.8 Å². The number of hydrogen-bond acceptors (Lipinski definition) is 7. The number of hydrogen-bond donors (Lipinski definition) is 1. The van der Waals surface area contributed by atoms with Crippen LogP contribution in [0.5, 0.6) is 0 Å². The summed E-state index contributed by atoms with van der Waals surface area (Å²) in [6, 6.07) is 5.96. The molecule has 9 heteroatoms. The zero-order chi connectivity index (χ0) is 23.4. The number of halogens is 1. The number of ketones is 1. The summed E-state index contributed by atoms with van der Waals surface area (Å²) in [5.41, 5.74) is 2.11. The standard InChI is InChI=1S/C24H29FN4O3S/c1-2-32-22(30)10-12-29-26-14-18(27-29)13-17-15-28(11-9-21(17)33)23(24(31)16-7-8-16)19-5-3-4-6-20(19)25/h3-6,13-14,16,21,23,33H,2,7-12,15H2,1H3. The third-order valence-corrected chi connectivity index (χ3v) is 6.62. The number of carbonyl (C=O) groups is 2. The van der Waals surface area contributed by atoms with Gasteiger partial charge in [-0.1, -0.05) is 18.2 Å². The zero-order valence-corrected chi connectivity index (χ0v) is 19.6. The maximum atomic E-state index is 14.7. The van der Waals surface area contributed by atoms with E-state index >= 15 is 0 Å². The molecule has 7 nitrogen and oxygen atoms in total. The van der Waals surface area contributed by atoms with Crippen molar-refractivity contribution in [1.82, 2.24) is 19.9 Å². The van der Waals surface area contributed by atoms with Gasteiger partial charge in [0.25, 0.3) is 0 Å². The van der Waals surface area contributed by atoms with Gasteiger partial charge >= 0.3 is 5.97 Å². The highest BCUT2D eigenvalue weighted by molar-refractivity contribution is 7.81. The second kappa shape index (κ2) is 10.6. The van der Waals surface area contributed by atoms with Crippen molar-refractivity contribution >= 4 is 30.5 Å². The van der Waals surface area contributed by atoms with Crippen molar-refractivity contribution in [1.29, 1.82) is 0 Å². The minimum absolute atomic E-state index is 0.0169. The molecule has 176 valence electrons. The highest BCUT2D eigenvalue weighted by Gasteiger charge is 2.40. The van der Waals surface area contributed by atoms with Crippen LogP contribution in [0.3, 0.4) is 0 Å². The van der Waals surface area contributed by atoms with Crippen LogP contribution in [0, 0.1) is 11.7 Å². The molecule has 1 aliphatic heterocycles. The number of aryl methyl sites for hydroxylation is 1. The van der Waals surface area contributed by atoms with E-state index in [0.717, 1.165) is 24.8 Å². The van der Waals surface area contributed by atoms with Crippen LogP contribution >= 0.6 is 12.6 Å². The summed E-state index contributed by atoms with van der Waals surface area (Å²) in [6.45, 7) is 3.62. The van der Waals surface area contributed by atoms with Crippen LogP contribution in [-0.2, 0) is 20.9 Å². The maximum absolute atomic E-state index is 14.7. The highest BCUT2D eigenvalue weighted by Crippen LogP contribution is 2.39. The number of ether oxygens (including phenoxy) is 1. The van der Waals surface area contributed by atoms with Gasteiger partial charge in [0.2, 0.25) is 0 Å². The van der Waals surface area contributed by atoms with Gasteiger partial charge in [0.15, 0.2) is 5.78 Å². The second-order valence-electron chi connectivity index (χ2n) is 8.52. The lowest BCUT2D eigenvalue weighted by molar-refractivity contribution is -0.143. The summed E-state index contributed by atoms with van der Waals surface area (Å²) in [5, 5.41) is 8.67. The fraction of sp³-hybridized carbons (Fsp3) is 0.500. The van der Waals surface area contributed by atoms with Crippen molar-refractivity contribution in [2.45, 2.75) is 50.4 Å². The third-order valence-electron chi connectivity index (χ3n) is 6.03. The van der Waals surface area contributed by atoms with Gasteiger partial charge in [-0.2, -0.15) is 27.6 Å². The van der Waals surface area contributed by atoms with E-state index in [4.69, 9.17) is 17.4 Å². The number of benzene rings is 1. The minimum Gasteiger partial charge on any atom is -0.466 e. The number of likely N-dealkylation sites (tertiary alicyclic amines) is 1. The van der Waals surface area contributed by atoms with Gasteiger partial charge in [-0.3, -0.25) is 14.5 Å². The Balaban J connectivity index is 1.51. The molecule has 2 fully saturated rings. The predicted molar refractivity (Wildman–Crippen MR) is 125 cm³/mol. The van der Waals surface area contributed by atoms with Gasteiger partial charge in [0.05, 0.1) is 31.8 Å². The van der Waals surface area contributed by atoms with E-state index in [9.17, 15) is 14.0 Å². The lowest BCUT2D eigenvalue weighted by Gasteiger charge is -2.37. The Kier molecular flexibility index (Phi) is 7.60. The average molecular weight is 473 g/mol. The highest BCUT2D eigenvalue weighted by atomic mass is 32.1. The third kappa shape index (κ3) is 5.89. The molecule has 2 unspecified atom stereocenters. The molecule has 4 rings (SSSR count). The Morgan fingerprint density at radius 3 is 2.82 bits per heavy atom. The number of esters is 1. The van der Waals surface area contributed by atoms with E-state index in [1.807, 2.05) is 6.08 Å². The van der Waals surface area contributed by atoms with Gasteiger partial charge in [0.1, 0.15) is 11.5 Å². The normalized spacial score (nSPS) is 21.2. The molecule has 1 aliphatic carbocycles. The summed E-state index contributed by atoms with van der Waals surface area (Å²) in [4.78, 5) is 28.3. The Morgan fingerprint density at radius 1 is 1.30 bits per heavy atom. The second-order valence-corrected chi connectivity index (χ2v) is 9.14. The SMILES string of the molecule is CCOC(=O)CCn1ncc(C=C2CN(C(C(=O)C3CC3)c3ccccc3F)CCC2S)n1. The summed E-state index contributed by atoms with van der Waals surface area (Å²) in [7, 11) is 0. The average Bonchev–Trinajstić information content (AvgIpc) is 3.56. The molecule has 1 saturated heterocycles. The molecule has 2 aromatic rings. The first-order chi connectivity index (χ1) is 16.0. The summed E-state index contributed by atoms with van der Waals surface area (Å²) < 4.78 is 19.6. The molecule has 0 radical (unpaired) electrons. The van der Waals surface area contributed by atoms with Crippen LogP contribution in [-0.4, -0.2) is 56.6 Å². The van der Waals surface area contributed by atoms with Crippen molar-refractivity contribution in [3.05, 3.63) is 53.1 Å². The molecule has 0 N–H and O–H groups in total. The van der Waals surface area contributed by atoms with Gasteiger partial charge in [-0.05, 0) is 43.9 Å². The Bertz CT molecular complexity index is 1040. The van der Waals surface area contributed by atoms with Crippen LogP contribution in [0.15, 0.2) is 36.0 Å². The lowest BCUT2D eigenvalue weighted by atomic mass is 9.93. The molecule has 0 spiro atoms. The molecular weight excluding hydrogens is 443 g/mol. The van der Waals surface area contributed by atoms with Crippen LogP contribution in [0.2, 0.25) is 0 Å². The monoisotopic (exact) mass is 472 g/mol. The first-order valence-electron chi connectivity index (χ1n) is 11.4. The van der Waals surface area contributed by atoms with Gasteiger partial charge < -0.3 is 4.74 Å². The lowest BCUT2D eigenvalue weighted by Crippen LogP contribution is -2.42. The molecule has 2 aliphatic rings. The number of thiol groups is 1. The van der Waals surface area contributed by atoms with E-state index in [0.29, 0.717) is 37.5 Å². The summed E-state index contributed by atoms with van der Waals surface area (Å²) >= 11 is 4.74. The van der Waals surface area contributed by atoms with Crippen molar-refractivity contribution in [2.24, 2.45) is 5.92 Å². The quantitative estimate of drug-likeness (QED) is 0.445. The molecule has 33 heavy (non-hydrogen) atoms. The Morgan fingerprint density at radius 2 is 2.09 bits per heavy atom. The van der Waals surface area contributed by atoms with Crippen molar-refractivity contribution < 1.29 is 18.7 Å². The molecule has 0 bridgehead atoms. The topological polar surface area (TPSA) is 77.3 Å². The number of rotatable bonds is 9. The van der Waals surface area contributed by atoms with Crippen molar-refractivity contribution in [3.63, 3.8) is 0 Å². The first kappa shape index (κ1) is 23.6. The van der Waals surface area contributed by atoms with E-state index in [2.05, 4.69) is 15.1 Å². The number of aromatic nitrogens is 3. The largest absolute Gasteiger partial charge is 0.466 e. The minimum atomic E-state index is -0.594. The van der Waals surface area contributed by atoms with E-state index in [-0.39, 0.29) is 35.2 Å². The molecular formula is C24H29FN4O3S. The van der Waals surface area contributed by atoms with Crippen LogP contribution < -0.4 is 0 Å². The van der Waals surface area contributed by atoms with E-state index in [1.165, 1.54) is 10.9 Å². The number of Topliss-reactive ketones (excluding diaryl/α,β-unsaturated/α-hetero) is 1. The summed E-state index contributed by atoms with van der Waals surface area (Å²) in [5.74, 6) is -0.510. The Hall–Kier alpha value is -2.52. The molecule has 1 aromatic carbocycles. The number of nitrogens with zero attached hydrogens (tertiary/aromatic N) is 4. The van der Waals surface area contributed by atoms with Gasteiger partial charge in [-0.15, -0.1) is 0 Å². The summed E-state index contributed by atoms with van der Waals surface area (Å²) in [6.07, 6.45) is 6.28. The fourth-order valence-electron chi connectivity index (χ4n) is 4.17. The predicted octanol–water partition coefficient (Wildman–Crippen LogP) is 3.48.